The van der Waals surface area contributed by atoms with E-state index in [9.17, 15) is 22.7 Å². The molecule has 0 amide bonds. The molecule has 0 aliphatic carbocycles. The monoisotopic (exact) mass is 322 g/mol. The summed E-state index contributed by atoms with van der Waals surface area (Å²) in [6, 6.07) is 2.42. The molecule has 1 aliphatic heterocycles. The third-order valence-corrected chi connectivity index (χ3v) is 4.00. The molecule has 1 aromatic carbocycles. The van der Waals surface area contributed by atoms with Crippen molar-refractivity contribution in [2.45, 2.75) is 43.9 Å². The van der Waals surface area contributed by atoms with E-state index >= 15 is 0 Å². The standard InChI is InChI=1S/C15H18F4O3/c1-13(2,7-14(21,8-20)15(17,18)19)11-6-10(16)5-9-3-4-22-12(9)11/h5-6,20-21H,3-4,7-8H2,1-2H3/t14-/m0/s1. The Balaban J connectivity index is 2.43. The van der Waals surface area contributed by atoms with Crippen molar-refractivity contribution in [2.24, 2.45) is 0 Å². The molecule has 1 aliphatic rings. The second kappa shape index (κ2) is 5.38. The molecule has 0 saturated heterocycles. The quantitative estimate of drug-likeness (QED) is 0.838. The van der Waals surface area contributed by atoms with E-state index in [1.807, 2.05) is 0 Å². The minimum absolute atomic E-state index is 0.260. The lowest BCUT2D eigenvalue weighted by Crippen LogP contribution is -2.52. The van der Waals surface area contributed by atoms with Gasteiger partial charge in [0.25, 0.3) is 0 Å². The zero-order valence-electron chi connectivity index (χ0n) is 12.3. The molecule has 3 nitrogen and oxygen atoms in total. The molecule has 0 bridgehead atoms. The van der Waals surface area contributed by atoms with Crippen LogP contribution in [0, 0.1) is 5.82 Å². The smallest absolute Gasteiger partial charge is 0.419 e. The Kier molecular flexibility index (Phi) is 4.16. The van der Waals surface area contributed by atoms with Crippen LogP contribution in [-0.4, -0.2) is 35.2 Å². The average molecular weight is 322 g/mol. The maximum atomic E-state index is 13.7. The summed E-state index contributed by atoms with van der Waals surface area (Å²) in [6.45, 7) is 1.79. The van der Waals surface area contributed by atoms with E-state index < -0.39 is 36.0 Å². The molecule has 0 unspecified atom stereocenters. The minimum atomic E-state index is -4.99. The first-order chi connectivity index (χ1) is 10.00. The summed E-state index contributed by atoms with van der Waals surface area (Å²) in [5.74, 6) is -0.194. The van der Waals surface area contributed by atoms with E-state index in [0.29, 0.717) is 24.3 Å². The zero-order valence-corrected chi connectivity index (χ0v) is 12.3. The lowest BCUT2D eigenvalue weighted by atomic mass is 9.74. The summed E-state index contributed by atoms with van der Waals surface area (Å²) in [6.07, 6.45) is -5.31. The highest BCUT2D eigenvalue weighted by Gasteiger charge is 2.56. The van der Waals surface area contributed by atoms with Gasteiger partial charge in [0.05, 0.1) is 13.2 Å². The minimum Gasteiger partial charge on any atom is -0.493 e. The van der Waals surface area contributed by atoms with Gasteiger partial charge >= 0.3 is 6.18 Å². The number of hydrogen-bond acceptors (Lipinski definition) is 3. The van der Waals surface area contributed by atoms with Gasteiger partial charge in [0, 0.05) is 17.5 Å². The van der Waals surface area contributed by atoms with Crippen LogP contribution in [0.4, 0.5) is 17.6 Å². The Morgan fingerprint density at radius 3 is 2.41 bits per heavy atom. The van der Waals surface area contributed by atoms with E-state index in [2.05, 4.69) is 0 Å². The second-order valence-electron chi connectivity index (χ2n) is 6.29. The van der Waals surface area contributed by atoms with Crippen molar-refractivity contribution in [3.8, 4) is 5.75 Å². The molecule has 22 heavy (non-hydrogen) atoms. The first-order valence-electron chi connectivity index (χ1n) is 6.86. The Morgan fingerprint density at radius 1 is 1.23 bits per heavy atom. The largest absolute Gasteiger partial charge is 0.493 e. The van der Waals surface area contributed by atoms with Crippen LogP contribution < -0.4 is 4.74 Å². The number of alkyl halides is 3. The fraction of sp³-hybridized carbons (Fsp3) is 0.600. The number of benzene rings is 1. The summed E-state index contributed by atoms with van der Waals surface area (Å²) in [5.41, 5.74) is -3.64. The Morgan fingerprint density at radius 2 is 1.86 bits per heavy atom. The molecule has 0 aromatic heterocycles. The number of aliphatic hydroxyl groups excluding tert-OH is 1. The van der Waals surface area contributed by atoms with Crippen LogP contribution >= 0.6 is 0 Å². The first kappa shape index (κ1) is 17.0. The lowest BCUT2D eigenvalue weighted by molar-refractivity contribution is -0.277. The molecule has 2 N–H and O–H groups in total. The molecule has 124 valence electrons. The third-order valence-electron chi connectivity index (χ3n) is 4.00. The Labute approximate surface area is 125 Å². The van der Waals surface area contributed by atoms with Gasteiger partial charge in [-0.05, 0) is 24.0 Å². The zero-order chi connectivity index (χ0) is 16.8. The van der Waals surface area contributed by atoms with Crippen molar-refractivity contribution in [3.63, 3.8) is 0 Å². The normalized spacial score (nSPS) is 17.8. The van der Waals surface area contributed by atoms with Gasteiger partial charge < -0.3 is 14.9 Å². The molecule has 1 heterocycles. The van der Waals surface area contributed by atoms with Crippen LogP contribution in [0.3, 0.4) is 0 Å². The van der Waals surface area contributed by atoms with Crippen LogP contribution in [0.25, 0.3) is 0 Å². The number of fused-ring (bicyclic) bond motifs is 1. The maximum Gasteiger partial charge on any atom is 0.419 e. The van der Waals surface area contributed by atoms with E-state index in [-0.39, 0.29) is 5.56 Å². The summed E-state index contributed by atoms with van der Waals surface area (Å²) in [4.78, 5) is 0. The predicted molar refractivity (Wildman–Crippen MR) is 71.3 cm³/mol. The molecule has 0 fully saturated rings. The van der Waals surface area contributed by atoms with Gasteiger partial charge in [0.1, 0.15) is 11.6 Å². The molecule has 0 radical (unpaired) electrons. The summed E-state index contributed by atoms with van der Waals surface area (Å²) in [5, 5.41) is 18.8. The molecular weight excluding hydrogens is 304 g/mol. The molecule has 2 rings (SSSR count). The first-order valence-corrected chi connectivity index (χ1v) is 6.86. The molecule has 1 atom stereocenters. The molecule has 7 heteroatoms. The average Bonchev–Trinajstić information content (AvgIpc) is 2.83. The summed E-state index contributed by atoms with van der Waals surface area (Å²) >= 11 is 0. The second-order valence-corrected chi connectivity index (χ2v) is 6.29. The van der Waals surface area contributed by atoms with Gasteiger partial charge in [-0.2, -0.15) is 13.2 Å². The van der Waals surface area contributed by atoms with Crippen molar-refractivity contribution >= 4 is 0 Å². The van der Waals surface area contributed by atoms with E-state index in [1.54, 1.807) is 0 Å². The van der Waals surface area contributed by atoms with Crippen LogP contribution in [0.2, 0.25) is 0 Å². The van der Waals surface area contributed by atoms with Crippen molar-refractivity contribution < 1.29 is 32.5 Å². The van der Waals surface area contributed by atoms with Crippen LogP contribution in [-0.2, 0) is 11.8 Å². The predicted octanol–water partition coefficient (Wildman–Crippen LogP) is 2.71. The number of hydrogen-bond donors (Lipinski definition) is 2. The van der Waals surface area contributed by atoms with Crippen LogP contribution in [0.5, 0.6) is 5.75 Å². The fourth-order valence-corrected chi connectivity index (χ4v) is 2.84. The van der Waals surface area contributed by atoms with Gasteiger partial charge in [-0.1, -0.05) is 13.8 Å². The number of halogens is 4. The topological polar surface area (TPSA) is 49.7 Å². The SMILES string of the molecule is CC(C)(C[C@](O)(CO)C(F)(F)F)c1cc(F)cc2c1OCC2. The van der Waals surface area contributed by atoms with Crippen molar-refractivity contribution in [1.29, 1.82) is 0 Å². The van der Waals surface area contributed by atoms with Gasteiger partial charge in [-0.3, -0.25) is 0 Å². The van der Waals surface area contributed by atoms with Gasteiger partial charge in [-0.25, -0.2) is 4.39 Å². The Bertz CT molecular complexity index is 569. The molecule has 0 spiro atoms. The highest BCUT2D eigenvalue weighted by molar-refractivity contribution is 5.48. The molecule has 0 saturated carbocycles. The van der Waals surface area contributed by atoms with Gasteiger partial charge in [0.2, 0.25) is 0 Å². The third kappa shape index (κ3) is 2.92. The fourth-order valence-electron chi connectivity index (χ4n) is 2.84. The highest BCUT2D eigenvalue weighted by atomic mass is 19.4. The molecular formula is C15H18F4O3. The van der Waals surface area contributed by atoms with Crippen molar-refractivity contribution in [1.82, 2.24) is 0 Å². The summed E-state index contributed by atoms with van der Waals surface area (Å²) < 4.78 is 58.1. The highest BCUT2D eigenvalue weighted by Crippen LogP contribution is 2.45. The lowest BCUT2D eigenvalue weighted by Gasteiger charge is -2.37. The van der Waals surface area contributed by atoms with Crippen molar-refractivity contribution in [2.75, 3.05) is 13.2 Å². The van der Waals surface area contributed by atoms with Gasteiger partial charge in [-0.15, -0.1) is 0 Å². The van der Waals surface area contributed by atoms with Crippen LogP contribution in [0.1, 0.15) is 31.4 Å². The van der Waals surface area contributed by atoms with Gasteiger partial charge in [0.15, 0.2) is 5.60 Å². The van der Waals surface area contributed by atoms with E-state index in [0.717, 1.165) is 6.07 Å². The maximum absolute atomic E-state index is 13.7. The Hall–Kier alpha value is -1.34. The number of aliphatic hydroxyl groups is 2. The van der Waals surface area contributed by atoms with E-state index in [1.165, 1.54) is 19.9 Å². The van der Waals surface area contributed by atoms with Crippen LogP contribution in [0.15, 0.2) is 12.1 Å². The molecule has 1 aromatic rings. The van der Waals surface area contributed by atoms with Crippen molar-refractivity contribution in [3.05, 3.63) is 29.1 Å². The number of rotatable bonds is 4. The van der Waals surface area contributed by atoms with E-state index in [4.69, 9.17) is 9.84 Å². The summed E-state index contributed by atoms with van der Waals surface area (Å²) in [7, 11) is 0. The number of ether oxygens (including phenoxy) is 1.